The van der Waals surface area contributed by atoms with Gasteiger partial charge >= 0.3 is 0 Å². The van der Waals surface area contributed by atoms with E-state index in [2.05, 4.69) is 10.2 Å². The molecule has 0 aliphatic carbocycles. The van der Waals surface area contributed by atoms with Crippen molar-refractivity contribution in [3.05, 3.63) is 6.33 Å². The molecule has 1 aromatic rings. The van der Waals surface area contributed by atoms with Gasteiger partial charge in [0.15, 0.2) is 5.16 Å². The van der Waals surface area contributed by atoms with Crippen LogP contribution in [0.1, 0.15) is 32.6 Å². The Morgan fingerprint density at radius 2 is 2.10 bits per heavy atom. The normalized spacial score (nSPS) is 17.5. The van der Waals surface area contributed by atoms with Crippen LogP contribution in [-0.2, 0) is 16.1 Å². The summed E-state index contributed by atoms with van der Waals surface area (Å²) in [6, 6.07) is 0. The summed E-state index contributed by atoms with van der Waals surface area (Å²) in [6.45, 7) is 5.05. The van der Waals surface area contributed by atoms with Gasteiger partial charge in [-0.2, -0.15) is 0 Å². The van der Waals surface area contributed by atoms with E-state index in [1.54, 1.807) is 13.4 Å². The summed E-state index contributed by atoms with van der Waals surface area (Å²) in [6.07, 6.45) is 6.39. The van der Waals surface area contributed by atoms with Crippen LogP contribution >= 0.6 is 11.8 Å². The monoisotopic (exact) mass is 312 g/mol. The Labute approximate surface area is 130 Å². The number of ether oxygens (including phenoxy) is 1. The van der Waals surface area contributed by atoms with Crippen LogP contribution in [0.15, 0.2) is 11.5 Å². The lowest BCUT2D eigenvalue weighted by Crippen LogP contribution is -2.37. The van der Waals surface area contributed by atoms with Crippen LogP contribution in [-0.4, -0.2) is 57.6 Å². The smallest absolute Gasteiger partial charge is 0.235 e. The van der Waals surface area contributed by atoms with E-state index in [9.17, 15) is 4.79 Å². The van der Waals surface area contributed by atoms with Crippen molar-refractivity contribution < 1.29 is 9.53 Å². The highest BCUT2D eigenvalue weighted by Gasteiger charge is 2.23. The molecule has 0 saturated carbocycles. The molecule has 1 fully saturated rings. The number of amides is 1. The van der Waals surface area contributed by atoms with Gasteiger partial charge in [0.2, 0.25) is 5.91 Å². The maximum absolute atomic E-state index is 12.5. The molecule has 1 aliphatic heterocycles. The Kier molecular flexibility index (Phi) is 6.50. The summed E-state index contributed by atoms with van der Waals surface area (Å²) in [4.78, 5) is 14.5. The van der Waals surface area contributed by atoms with Gasteiger partial charge in [-0.3, -0.25) is 4.79 Å². The van der Waals surface area contributed by atoms with Gasteiger partial charge < -0.3 is 14.2 Å². The number of carbonyl (C=O) groups is 1. The van der Waals surface area contributed by atoms with Crippen LogP contribution in [0.2, 0.25) is 0 Å². The Morgan fingerprint density at radius 3 is 2.76 bits per heavy atom. The van der Waals surface area contributed by atoms with E-state index in [0.29, 0.717) is 13.2 Å². The average molecular weight is 312 g/mol. The molecule has 1 unspecified atom stereocenters. The second kappa shape index (κ2) is 8.38. The third-order valence-electron chi connectivity index (χ3n) is 3.66. The van der Waals surface area contributed by atoms with Crippen molar-refractivity contribution in [2.45, 2.75) is 49.6 Å². The summed E-state index contributed by atoms with van der Waals surface area (Å²) in [5.41, 5.74) is 0. The van der Waals surface area contributed by atoms with Gasteiger partial charge in [-0.25, -0.2) is 0 Å². The van der Waals surface area contributed by atoms with E-state index < -0.39 is 0 Å². The zero-order valence-electron chi connectivity index (χ0n) is 12.8. The summed E-state index contributed by atoms with van der Waals surface area (Å²) < 4.78 is 7.00. The van der Waals surface area contributed by atoms with Crippen LogP contribution in [0.3, 0.4) is 0 Å². The molecule has 6 nitrogen and oxygen atoms in total. The van der Waals surface area contributed by atoms with E-state index in [1.807, 2.05) is 16.4 Å². The Hall–Kier alpha value is -1.08. The molecule has 2 rings (SSSR count). The number of rotatable bonds is 6. The van der Waals surface area contributed by atoms with Crippen molar-refractivity contribution in [3.8, 4) is 0 Å². The van der Waals surface area contributed by atoms with E-state index >= 15 is 0 Å². The van der Waals surface area contributed by atoms with Crippen LogP contribution < -0.4 is 0 Å². The highest BCUT2D eigenvalue weighted by Crippen LogP contribution is 2.23. The van der Waals surface area contributed by atoms with Crippen molar-refractivity contribution in [1.29, 1.82) is 0 Å². The molecule has 1 saturated heterocycles. The highest BCUT2D eigenvalue weighted by atomic mass is 32.2. The highest BCUT2D eigenvalue weighted by molar-refractivity contribution is 8.00. The number of thioether (sulfide) groups is 1. The first-order valence-corrected chi connectivity index (χ1v) is 8.42. The first-order valence-electron chi connectivity index (χ1n) is 7.54. The largest absolute Gasteiger partial charge is 0.383 e. The maximum atomic E-state index is 12.5. The second-order valence-electron chi connectivity index (χ2n) is 5.30. The fourth-order valence-corrected chi connectivity index (χ4v) is 3.37. The SMILES string of the molecule is COCCn1cnnc1SC(C)C(=O)N1CCCCCC1. The van der Waals surface area contributed by atoms with Crippen LogP contribution in [0, 0.1) is 0 Å². The molecule has 0 spiro atoms. The van der Waals surface area contributed by atoms with Gasteiger partial charge in [-0.05, 0) is 19.8 Å². The van der Waals surface area contributed by atoms with Gasteiger partial charge in [-0.15, -0.1) is 10.2 Å². The van der Waals surface area contributed by atoms with Crippen molar-refractivity contribution in [2.24, 2.45) is 0 Å². The predicted molar refractivity (Wildman–Crippen MR) is 82.3 cm³/mol. The lowest BCUT2D eigenvalue weighted by Gasteiger charge is -2.23. The second-order valence-corrected chi connectivity index (χ2v) is 6.61. The molecule has 1 aromatic heterocycles. The molecule has 1 amide bonds. The summed E-state index contributed by atoms with van der Waals surface area (Å²) >= 11 is 1.48. The van der Waals surface area contributed by atoms with Crippen LogP contribution in [0.5, 0.6) is 0 Å². The van der Waals surface area contributed by atoms with E-state index in [0.717, 1.165) is 31.1 Å². The third kappa shape index (κ3) is 4.71. The summed E-state index contributed by atoms with van der Waals surface area (Å²) in [7, 11) is 1.67. The lowest BCUT2D eigenvalue weighted by atomic mass is 10.2. The van der Waals surface area contributed by atoms with Gasteiger partial charge in [-0.1, -0.05) is 24.6 Å². The van der Waals surface area contributed by atoms with Crippen LogP contribution in [0.25, 0.3) is 0 Å². The average Bonchev–Trinajstić information content (AvgIpc) is 2.76. The molecule has 1 aliphatic rings. The van der Waals surface area contributed by atoms with E-state index in [-0.39, 0.29) is 11.2 Å². The molecule has 2 heterocycles. The molecule has 1 atom stereocenters. The molecule has 0 radical (unpaired) electrons. The first kappa shape index (κ1) is 16.3. The maximum Gasteiger partial charge on any atom is 0.235 e. The molecule has 0 bridgehead atoms. The van der Waals surface area contributed by atoms with Gasteiger partial charge in [0.1, 0.15) is 6.33 Å². The summed E-state index contributed by atoms with van der Waals surface area (Å²) in [5, 5.41) is 8.68. The Morgan fingerprint density at radius 1 is 1.38 bits per heavy atom. The standard InChI is InChI=1S/C14H24N4O2S/c1-12(13(19)17-7-5-3-4-6-8-17)21-14-16-15-11-18(14)9-10-20-2/h11-12H,3-10H2,1-2H3. The van der Waals surface area contributed by atoms with Gasteiger partial charge in [0.05, 0.1) is 11.9 Å². The molecular formula is C14H24N4O2S. The minimum atomic E-state index is -0.131. The number of likely N-dealkylation sites (tertiary alicyclic amines) is 1. The zero-order chi connectivity index (χ0) is 15.1. The third-order valence-corrected chi connectivity index (χ3v) is 4.75. The number of methoxy groups -OCH3 is 1. The molecule has 21 heavy (non-hydrogen) atoms. The minimum absolute atomic E-state index is 0.131. The Balaban J connectivity index is 1.92. The van der Waals surface area contributed by atoms with Crippen molar-refractivity contribution in [1.82, 2.24) is 19.7 Å². The van der Waals surface area contributed by atoms with Crippen molar-refractivity contribution >= 4 is 17.7 Å². The number of aromatic nitrogens is 3. The fourth-order valence-electron chi connectivity index (χ4n) is 2.44. The number of nitrogens with zero attached hydrogens (tertiary/aromatic N) is 4. The van der Waals surface area contributed by atoms with Crippen molar-refractivity contribution in [3.63, 3.8) is 0 Å². The quantitative estimate of drug-likeness (QED) is 0.750. The fraction of sp³-hybridized carbons (Fsp3) is 0.786. The first-order chi connectivity index (χ1) is 10.2. The zero-order valence-corrected chi connectivity index (χ0v) is 13.6. The van der Waals surface area contributed by atoms with Crippen molar-refractivity contribution in [2.75, 3.05) is 26.8 Å². The topological polar surface area (TPSA) is 60.2 Å². The Bertz CT molecular complexity index is 444. The summed E-state index contributed by atoms with van der Waals surface area (Å²) in [5.74, 6) is 0.211. The molecule has 7 heteroatoms. The van der Waals surface area contributed by atoms with E-state index in [4.69, 9.17) is 4.74 Å². The molecule has 0 N–H and O–H groups in total. The van der Waals surface area contributed by atoms with E-state index in [1.165, 1.54) is 24.6 Å². The number of hydrogen-bond donors (Lipinski definition) is 0. The predicted octanol–water partition coefficient (Wildman–Crippen LogP) is 1.81. The van der Waals surface area contributed by atoms with Gasteiger partial charge in [0.25, 0.3) is 0 Å². The van der Waals surface area contributed by atoms with Gasteiger partial charge in [0, 0.05) is 26.7 Å². The lowest BCUT2D eigenvalue weighted by molar-refractivity contribution is -0.130. The number of hydrogen-bond acceptors (Lipinski definition) is 5. The molecule has 118 valence electrons. The van der Waals surface area contributed by atoms with Crippen LogP contribution in [0.4, 0.5) is 0 Å². The molecular weight excluding hydrogens is 288 g/mol. The minimum Gasteiger partial charge on any atom is -0.383 e. The molecule has 0 aromatic carbocycles. The number of carbonyl (C=O) groups excluding carboxylic acids is 1.